The highest BCUT2D eigenvalue weighted by molar-refractivity contribution is 9.10. The molecule has 1 fully saturated rings. The molecule has 130 valence electrons. The molecule has 2 heterocycles. The van der Waals surface area contributed by atoms with Gasteiger partial charge in [0.05, 0.1) is 5.69 Å². The molecule has 2 atom stereocenters. The van der Waals surface area contributed by atoms with Crippen molar-refractivity contribution in [1.29, 1.82) is 0 Å². The Labute approximate surface area is 153 Å². The van der Waals surface area contributed by atoms with E-state index in [1.54, 1.807) is 5.56 Å². The zero-order valence-corrected chi connectivity index (χ0v) is 16.5. The van der Waals surface area contributed by atoms with Gasteiger partial charge >= 0.3 is 0 Å². The largest absolute Gasteiger partial charge is 0.360 e. The lowest BCUT2D eigenvalue weighted by molar-refractivity contribution is 0.394. The zero-order chi connectivity index (χ0) is 16.8. The van der Waals surface area contributed by atoms with Crippen molar-refractivity contribution in [2.45, 2.75) is 64.8 Å². The summed E-state index contributed by atoms with van der Waals surface area (Å²) in [4.78, 5) is 7.82. The van der Waals surface area contributed by atoms with Crippen LogP contribution in [0.15, 0.2) is 9.47 Å². The molecular weight excluding hydrogens is 362 g/mol. The topological polar surface area (TPSA) is 41.6 Å². The first-order chi connectivity index (χ1) is 11.6. The predicted octanol–water partition coefficient (Wildman–Crippen LogP) is 4.42. The highest BCUT2D eigenvalue weighted by Crippen LogP contribution is 2.44. The minimum atomic E-state index is 0.366. The Balaban J connectivity index is 1.79. The molecule has 3 nitrogen and oxygen atoms in total. The summed E-state index contributed by atoms with van der Waals surface area (Å²) in [6, 6.07) is 0.366. The Hall–Kier alpha value is -0.870. The highest BCUT2D eigenvalue weighted by atomic mass is 79.9. The molecule has 2 aliphatic heterocycles. The minimum absolute atomic E-state index is 0.366. The van der Waals surface area contributed by atoms with Gasteiger partial charge in [0.25, 0.3) is 0 Å². The van der Waals surface area contributed by atoms with Gasteiger partial charge in [0.15, 0.2) is 0 Å². The maximum atomic E-state index is 6.19. The van der Waals surface area contributed by atoms with Crippen LogP contribution in [-0.2, 0) is 12.8 Å². The fourth-order valence-corrected chi connectivity index (χ4v) is 5.23. The van der Waals surface area contributed by atoms with Gasteiger partial charge in [-0.05, 0) is 81.0 Å². The van der Waals surface area contributed by atoms with E-state index in [2.05, 4.69) is 34.7 Å². The van der Waals surface area contributed by atoms with Crippen LogP contribution in [0.1, 0.15) is 54.4 Å². The van der Waals surface area contributed by atoms with Gasteiger partial charge < -0.3 is 10.6 Å². The van der Waals surface area contributed by atoms with E-state index in [1.165, 1.54) is 64.8 Å². The fourth-order valence-electron chi connectivity index (χ4n) is 4.80. The summed E-state index contributed by atoms with van der Waals surface area (Å²) < 4.78 is 1.26. The third-order valence-electron chi connectivity index (χ3n) is 6.23. The van der Waals surface area contributed by atoms with E-state index >= 15 is 0 Å². The molecule has 4 rings (SSSR count). The summed E-state index contributed by atoms with van der Waals surface area (Å²) in [5.74, 6) is 1.95. The monoisotopic (exact) mass is 389 g/mol. The van der Waals surface area contributed by atoms with Gasteiger partial charge in [0.1, 0.15) is 5.84 Å². The Bertz CT molecular complexity index is 695. The maximum absolute atomic E-state index is 6.19. The number of nitrogens with two attached hydrogens (primary N) is 1. The van der Waals surface area contributed by atoms with Crippen molar-refractivity contribution >= 4 is 27.5 Å². The summed E-state index contributed by atoms with van der Waals surface area (Å²) in [7, 11) is 0. The fraction of sp³-hybridized carbons (Fsp3) is 0.650. The average Bonchev–Trinajstić information content (AvgIpc) is 2.90. The van der Waals surface area contributed by atoms with Crippen molar-refractivity contribution in [3.05, 3.63) is 26.7 Å². The van der Waals surface area contributed by atoms with Crippen molar-refractivity contribution in [2.75, 3.05) is 13.1 Å². The van der Waals surface area contributed by atoms with E-state index in [4.69, 9.17) is 10.7 Å². The van der Waals surface area contributed by atoms with Crippen LogP contribution in [0.5, 0.6) is 0 Å². The normalized spacial score (nSPS) is 26.7. The molecule has 3 aliphatic rings. The van der Waals surface area contributed by atoms with Crippen LogP contribution >= 0.6 is 15.9 Å². The number of hydrogen-bond acceptors (Lipinski definition) is 3. The van der Waals surface area contributed by atoms with E-state index in [1.807, 2.05) is 0 Å². The Morgan fingerprint density at radius 3 is 2.71 bits per heavy atom. The second kappa shape index (κ2) is 6.45. The van der Waals surface area contributed by atoms with E-state index in [0.29, 0.717) is 12.0 Å². The summed E-state index contributed by atoms with van der Waals surface area (Å²) in [5.41, 5.74) is 13.3. The average molecular weight is 390 g/mol. The first kappa shape index (κ1) is 16.6. The van der Waals surface area contributed by atoms with Gasteiger partial charge in [-0.15, -0.1) is 0 Å². The number of benzene rings is 1. The second-order valence-electron chi connectivity index (χ2n) is 7.81. The molecule has 0 spiro atoms. The van der Waals surface area contributed by atoms with Crippen molar-refractivity contribution < 1.29 is 0 Å². The van der Waals surface area contributed by atoms with Crippen LogP contribution < -0.4 is 5.73 Å². The number of nitrogens with zero attached hydrogens (tertiary/aromatic N) is 2. The van der Waals surface area contributed by atoms with Crippen LogP contribution in [0.3, 0.4) is 0 Å². The third-order valence-corrected chi connectivity index (χ3v) is 7.42. The molecule has 1 unspecified atom stereocenters. The number of halogens is 1. The van der Waals surface area contributed by atoms with Crippen LogP contribution in [0, 0.1) is 19.8 Å². The van der Waals surface area contributed by atoms with Crippen LogP contribution in [0.25, 0.3) is 0 Å². The lowest BCUT2D eigenvalue weighted by Gasteiger charge is -2.34. The zero-order valence-electron chi connectivity index (χ0n) is 14.9. The summed E-state index contributed by atoms with van der Waals surface area (Å²) in [6.45, 7) is 6.68. The Morgan fingerprint density at radius 1 is 1.04 bits per heavy atom. The molecule has 1 aromatic rings. The molecule has 24 heavy (non-hydrogen) atoms. The highest BCUT2D eigenvalue weighted by Gasteiger charge is 2.33. The third kappa shape index (κ3) is 2.72. The number of fused-ring (bicyclic) bond motifs is 1. The van der Waals surface area contributed by atoms with E-state index < -0.39 is 0 Å². The van der Waals surface area contributed by atoms with Gasteiger partial charge in [-0.3, -0.25) is 0 Å². The number of likely N-dealkylation sites (tertiary alicyclic amines) is 1. The first-order valence-electron chi connectivity index (χ1n) is 9.45. The molecular formula is C20H28BrN3. The lowest BCUT2D eigenvalue weighted by Crippen LogP contribution is -2.39. The minimum Gasteiger partial charge on any atom is -0.360 e. The predicted molar refractivity (Wildman–Crippen MR) is 104 cm³/mol. The van der Waals surface area contributed by atoms with Crippen LogP contribution in [0.4, 0.5) is 5.69 Å². The van der Waals surface area contributed by atoms with E-state index in [9.17, 15) is 0 Å². The Kier molecular flexibility index (Phi) is 4.46. The molecule has 0 aromatic heterocycles. The van der Waals surface area contributed by atoms with Crippen molar-refractivity contribution in [3.8, 4) is 0 Å². The quantitative estimate of drug-likeness (QED) is 0.713. The van der Waals surface area contributed by atoms with Crippen molar-refractivity contribution in [3.63, 3.8) is 0 Å². The van der Waals surface area contributed by atoms with Crippen molar-refractivity contribution in [2.24, 2.45) is 16.6 Å². The summed E-state index contributed by atoms with van der Waals surface area (Å²) in [5, 5.41) is 0. The Morgan fingerprint density at radius 2 is 1.88 bits per heavy atom. The van der Waals surface area contributed by atoms with E-state index in [-0.39, 0.29) is 0 Å². The molecule has 0 radical (unpaired) electrons. The smallest absolute Gasteiger partial charge is 0.108 e. The van der Waals surface area contributed by atoms with Crippen LogP contribution in [-0.4, -0.2) is 29.9 Å². The molecule has 0 amide bonds. The second-order valence-corrected chi connectivity index (χ2v) is 8.60. The molecule has 4 heteroatoms. The van der Waals surface area contributed by atoms with Crippen molar-refractivity contribution in [1.82, 2.24) is 4.90 Å². The van der Waals surface area contributed by atoms with Gasteiger partial charge in [-0.2, -0.15) is 0 Å². The summed E-state index contributed by atoms with van der Waals surface area (Å²) >= 11 is 3.83. The van der Waals surface area contributed by atoms with Gasteiger partial charge in [-0.25, -0.2) is 4.99 Å². The molecule has 1 saturated heterocycles. The van der Waals surface area contributed by atoms with E-state index in [0.717, 1.165) is 25.9 Å². The van der Waals surface area contributed by atoms with Crippen LogP contribution in [0.2, 0.25) is 0 Å². The standard InChI is InChI=1S/C20H28BrN3/c1-12-16-7-3-5-14-11-17(16)19(13(2)18(12)21)23-20(14)24-9-4-6-15(22)8-10-24/h14-15H,3-11,22H2,1-2H3/t14?,15-/m0/s1. The summed E-state index contributed by atoms with van der Waals surface area (Å²) in [6.07, 6.45) is 8.38. The molecule has 2 N–H and O–H groups in total. The number of amidine groups is 1. The van der Waals surface area contributed by atoms with Gasteiger partial charge in [0, 0.05) is 29.5 Å². The molecule has 1 aromatic carbocycles. The maximum Gasteiger partial charge on any atom is 0.108 e. The van der Waals surface area contributed by atoms with Gasteiger partial charge in [0.2, 0.25) is 0 Å². The van der Waals surface area contributed by atoms with Gasteiger partial charge in [-0.1, -0.05) is 15.9 Å². The molecule has 1 aliphatic carbocycles. The first-order valence-corrected chi connectivity index (χ1v) is 10.2. The SMILES string of the molecule is Cc1c(Br)c(C)c2c3c1CCCC(C3)C(N1CCC[C@H](N)CC1)=N2. The molecule has 0 saturated carbocycles. The molecule has 2 bridgehead atoms. The number of aliphatic imine (C=N–C) groups is 1. The lowest BCUT2D eigenvalue weighted by atomic mass is 9.87. The number of rotatable bonds is 0. The number of hydrogen-bond donors (Lipinski definition) is 1.